The van der Waals surface area contributed by atoms with E-state index in [2.05, 4.69) is 103 Å². The van der Waals surface area contributed by atoms with E-state index in [0.29, 0.717) is 12.5 Å². The van der Waals surface area contributed by atoms with E-state index in [1.54, 1.807) is 0 Å². The van der Waals surface area contributed by atoms with Gasteiger partial charge in [-0.1, -0.05) is 108 Å². The number of unbranched alkanes of at least 4 members (excludes halogenated alkanes) is 9. The van der Waals surface area contributed by atoms with Crippen LogP contribution in [0.2, 0.25) is 77.1 Å². The molecule has 4 unspecified atom stereocenters. The van der Waals surface area contributed by atoms with Gasteiger partial charge in [0.1, 0.15) is 0 Å². The Bertz CT molecular complexity index is 869. The molecular formula is C33H71NO4Si5. The second-order valence-electron chi connectivity index (χ2n) is 15.4. The summed E-state index contributed by atoms with van der Waals surface area (Å²) in [5.41, 5.74) is 7.35. The highest BCUT2D eigenvalue weighted by Crippen LogP contribution is 2.37. The van der Waals surface area contributed by atoms with Gasteiger partial charge < -0.3 is 22.2 Å². The zero-order valence-electron chi connectivity index (χ0n) is 30.3. The summed E-state index contributed by atoms with van der Waals surface area (Å²) in [4.78, 5) is 0. The average Bonchev–Trinajstić information content (AvgIpc) is 2.86. The molecule has 0 aromatic heterocycles. The SMILES string of the molecule is CCCCCCCCCCCC[Si](C)(O[Si](C)(C)C)O[Si](C)(CC(C)c1ccccc1)O[Si](C)(CCCN)O[Si](C)(C)C. The Morgan fingerprint density at radius 1 is 0.558 bits per heavy atom. The molecule has 0 heterocycles. The molecule has 1 aromatic rings. The summed E-state index contributed by atoms with van der Waals surface area (Å²) in [6.07, 6.45) is 14.3. The van der Waals surface area contributed by atoms with Crippen LogP contribution in [0.1, 0.15) is 96.0 Å². The smallest absolute Gasteiger partial charge is 0.317 e. The van der Waals surface area contributed by atoms with Gasteiger partial charge in [0.25, 0.3) is 0 Å². The van der Waals surface area contributed by atoms with Crippen molar-refractivity contribution in [3.63, 3.8) is 0 Å². The Balaban J connectivity index is 3.16. The van der Waals surface area contributed by atoms with Crippen molar-refractivity contribution < 1.29 is 16.5 Å². The first-order valence-corrected chi connectivity index (χ1v) is 31.9. The third-order valence-electron chi connectivity index (χ3n) is 7.77. The predicted octanol–water partition coefficient (Wildman–Crippen LogP) is 11.0. The van der Waals surface area contributed by atoms with Crippen molar-refractivity contribution in [3.8, 4) is 0 Å². The number of hydrogen-bond donors (Lipinski definition) is 1. The minimum absolute atomic E-state index is 0.333. The van der Waals surface area contributed by atoms with E-state index < -0.39 is 42.3 Å². The second kappa shape index (κ2) is 19.7. The Kier molecular flexibility index (Phi) is 18.8. The van der Waals surface area contributed by atoms with Gasteiger partial charge in [-0.15, -0.1) is 0 Å². The fourth-order valence-electron chi connectivity index (χ4n) is 6.37. The molecule has 0 aliphatic heterocycles. The lowest BCUT2D eigenvalue weighted by Crippen LogP contribution is -2.61. The van der Waals surface area contributed by atoms with Crippen LogP contribution in [0.15, 0.2) is 30.3 Å². The van der Waals surface area contributed by atoms with Crippen LogP contribution >= 0.6 is 0 Å². The quantitative estimate of drug-likeness (QED) is 0.0820. The van der Waals surface area contributed by atoms with E-state index in [1.165, 1.54) is 69.8 Å². The van der Waals surface area contributed by atoms with Crippen molar-refractivity contribution in [1.29, 1.82) is 0 Å². The molecule has 0 bridgehead atoms. The maximum Gasteiger partial charge on any atom is 0.317 e. The molecule has 0 saturated carbocycles. The molecule has 43 heavy (non-hydrogen) atoms. The predicted molar refractivity (Wildman–Crippen MR) is 201 cm³/mol. The Labute approximate surface area is 273 Å². The lowest BCUT2D eigenvalue weighted by atomic mass is 10.0. The molecule has 0 radical (unpaired) electrons. The van der Waals surface area contributed by atoms with E-state index in [9.17, 15) is 0 Å². The van der Waals surface area contributed by atoms with Gasteiger partial charge in [0, 0.05) is 0 Å². The van der Waals surface area contributed by atoms with Gasteiger partial charge in [-0.2, -0.15) is 0 Å². The Morgan fingerprint density at radius 3 is 1.40 bits per heavy atom. The topological polar surface area (TPSA) is 62.9 Å². The maximum absolute atomic E-state index is 7.47. The average molecular weight is 686 g/mol. The van der Waals surface area contributed by atoms with Crippen molar-refractivity contribution in [2.45, 2.75) is 167 Å². The van der Waals surface area contributed by atoms with Crippen LogP contribution < -0.4 is 5.73 Å². The summed E-state index contributed by atoms with van der Waals surface area (Å²) in [7, 11) is -11.5. The summed E-state index contributed by atoms with van der Waals surface area (Å²) in [5.74, 6) is 0.333. The van der Waals surface area contributed by atoms with E-state index in [-0.39, 0.29) is 0 Å². The van der Waals surface area contributed by atoms with Gasteiger partial charge in [0.15, 0.2) is 16.6 Å². The number of rotatable bonds is 25. The third-order valence-corrected chi connectivity index (χ3v) is 26.9. The molecule has 0 saturated heterocycles. The third kappa shape index (κ3) is 19.4. The second-order valence-corrected chi connectivity index (χ2v) is 35.3. The van der Waals surface area contributed by atoms with E-state index in [4.69, 9.17) is 22.2 Å². The fraction of sp³-hybridized carbons (Fsp3) is 0.818. The first-order valence-electron chi connectivity index (χ1n) is 17.5. The minimum Gasteiger partial charge on any atom is -0.437 e. The van der Waals surface area contributed by atoms with Gasteiger partial charge >= 0.3 is 25.7 Å². The van der Waals surface area contributed by atoms with Crippen molar-refractivity contribution in [2.75, 3.05) is 6.54 Å². The zero-order valence-corrected chi connectivity index (χ0v) is 35.3. The van der Waals surface area contributed by atoms with Gasteiger partial charge in [0.2, 0.25) is 0 Å². The highest BCUT2D eigenvalue weighted by molar-refractivity contribution is 6.91. The molecule has 0 amide bonds. The molecule has 252 valence electrons. The Morgan fingerprint density at radius 2 is 0.977 bits per heavy atom. The molecular weight excluding hydrogens is 615 g/mol. The first kappa shape index (κ1) is 41.1. The van der Waals surface area contributed by atoms with Crippen LogP contribution in [0.3, 0.4) is 0 Å². The maximum atomic E-state index is 7.47. The van der Waals surface area contributed by atoms with Gasteiger partial charge in [-0.3, -0.25) is 0 Å². The van der Waals surface area contributed by atoms with Crippen molar-refractivity contribution in [3.05, 3.63) is 35.9 Å². The molecule has 4 atom stereocenters. The molecule has 0 spiro atoms. The van der Waals surface area contributed by atoms with Gasteiger partial charge in [-0.05, 0) is 102 Å². The summed E-state index contributed by atoms with van der Waals surface area (Å²) >= 11 is 0. The molecule has 0 aliphatic carbocycles. The number of nitrogens with two attached hydrogens (primary N) is 1. The van der Waals surface area contributed by atoms with Crippen LogP contribution in [0.4, 0.5) is 0 Å². The number of benzene rings is 1. The van der Waals surface area contributed by atoms with E-state index in [1.807, 2.05) is 0 Å². The van der Waals surface area contributed by atoms with Crippen LogP contribution in [-0.4, -0.2) is 48.9 Å². The van der Waals surface area contributed by atoms with Crippen LogP contribution in [0.5, 0.6) is 0 Å². The lowest BCUT2D eigenvalue weighted by molar-refractivity contribution is 0.281. The molecule has 1 rings (SSSR count). The molecule has 0 aliphatic rings. The largest absolute Gasteiger partial charge is 0.437 e. The molecule has 10 heteroatoms. The molecule has 2 N–H and O–H groups in total. The summed E-state index contributed by atoms with van der Waals surface area (Å²) in [6, 6.07) is 13.7. The van der Waals surface area contributed by atoms with E-state index >= 15 is 0 Å². The standard InChI is InChI=1S/C33H71NO4Si5/c1-12-13-14-15-16-17-18-19-20-24-29-41(9,35-39(3,4)5)37-43(11,31-32(2)33-26-22-21-23-27-33)38-42(10,30-25-28-34)36-40(6,7)8/h21-23,26-27,32H,12-20,24-25,28-31,34H2,1-11H3. The normalized spacial score (nSPS) is 17.7. The summed E-state index contributed by atoms with van der Waals surface area (Å²) in [5, 5.41) is 0. The van der Waals surface area contributed by atoms with Crippen molar-refractivity contribution in [1.82, 2.24) is 0 Å². The monoisotopic (exact) mass is 685 g/mol. The highest BCUT2D eigenvalue weighted by atomic mass is 28.5. The van der Waals surface area contributed by atoms with E-state index in [0.717, 1.165) is 24.6 Å². The van der Waals surface area contributed by atoms with Crippen LogP contribution in [-0.2, 0) is 16.5 Å². The van der Waals surface area contributed by atoms with Crippen molar-refractivity contribution >= 4 is 42.3 Å². The number of hydrogen-bond acceptors (Lipinski definition) is 5. The van der Waals surface area contributed by atoms with Crippen LogP contribution in [0, 0.1) is 0 Å². The zero-order chi connectivity index (χ0) is 32.6. The summed E-state index contributed by atoms with van der Waals surface area (Å²) in [6.45, 7) is 25.9. The molecule has 1 aromatic carbocycles. The highest BCUT2D eigenvalue weighted by Gasteiger charge is 2.50. The van der Waals surface area contributed by atoms with Crippen LogP contribution in [0.25, 0.3) is 0 Å². The van der Waals surface area contributed by atoms with Gasteiger partial charge in [-0.25, -0.2) is 0 Å². The first-order chi connectivity index (χ1) is 19.9. The Hall–Kier alpha value is 0.104. The minimum atomic E-state index is -2.74. The fourth-order valence-corrected chi connectivity index (χ4v) is 31.1. The van der Waals surface area contributed by atoms with Crippen molar-refractivity contribution in [2.24, 2.45) is 5.73 Å². The molecule has 0 fully saturated rings. The van der Waals surface area contributed by atoms with Gasteiger partial charge in [0.05, 0.1) is 0 Å². The summed E-state index contributed by atoms with van der Waals surface area (Å²) < 4.78 is 28.9. The lowest BCUT2D eigenvalue weighted by Gasteiger charge is -2.46. The molecule has 5 nitrogen and oxygen atoms in total.